The molecule has 0 saturated carbocycles. The number of aliphatic hydroxyl groups is 1. The lowest BCUT2D eigenvalue weighted by atomic mass is 10.0. The molecule has 0 aromatic carbocycles. The van der Waals surface area contributed by atoms with E-state index in [4.69, 9.17) is 10.5 Å². The summed E-state index contributed by atoms with van der Waals surface area (Å²) in [6.45, 7) is 3.11. The summed E-state index contributed by atoms with van der Waals surface area (Å²) in [6.07, 6.45) is 10.5. The third-order valence-electron chi connectivity index (χ3n) is 3.44. The monoisotopic (exact) mass is 287 g/mol. The van der Waals surface area contributed by atoms with Crippen LogP contribution in [0.1, 0.15) is 71.1 Å². The average Bonchev–Trinajstić information content (AvgIpc) is 2.45. The van der Waals surface area contributed by atoms with E-state index in [1.807, 2.05) is 0 Å². The van der Waals surface area contributed by atoms with E-state index in [1.165, 1.54) is 44.9 Å². The highest BCUT2D eigenvalue weighted by Gasteiger charge is 2.14. The quantitative estimate of drug-likeness (QED) is 0.454. The molecule has 0 radical (unpaired) electrons. The standard InChI is InChI=1S/C16H33NO3/c1-2-3-4-5-6-7-8-9-10-11-15(18)16(19)14-20-13-12-17/h16,19H,2-14,17H2,1H3. The smallest absolute Gasteiger partial charge is 0.163 e. The first kappa shape index (κ1) is 19.6. The average molecular weight is 287 g/mol. The third-order valence-corrected chi connectivity index (χ3v) is 3.44. The van der Waals surface area contributed by atoms with Gasteiger partial charge in [0.2, 0.25) is 0 Å². The summed E-state index contributed by atoms with van der Waals surface area (Å²) in [7, 11) is 0. The molecule has 0 saturated heterocycles. The zero-order chi connectivity index (χ0) is 15.1. The Kier molecular flexibility index (Phi) is 14.6. The fourth-order valence-electron chi connectivity index (χ4n) is 2.15. The molecule has 0 spiro atoms. The Bertz CT molecular complexity index is 222. The first-order valence-corrected chi connectivity index (χ1v) is 8.21. The molecule has 3 N–H and O–H groups in total. The van der Waals surface area contributed by atoms with Crippen LogP contribution in [0.4, 0.5) is 0 Å². The minimum atomic E-state index is -0.976. The Morgan fingerprint density at radius 1 is 1.05 bits per heavy atom. The van der Waals surface area contributed by atoms with Gasteiger partial charge in [-0.15, -0.1) is 0 Å². The number of aliphatic hydroxyl groups excluding tert-OH is 1. The van der Waals surface area contributed by atoms with Crippen molar-refractivity contribution in [1.82, 2.24) is 0 Å². The van der Waals surface area contributed by atoms with Crippen molar-refractivity contribution < 1.29 is 14.6 Å². The van der Waals surface area contributed by atoms with Crippen molar-refractivity contribution >= 4 is 5.78 Å². The summed E-state index contributed by atoms with van der Waals surface area (Å²) >= 11 is 0. The highest BCUT2D eigenvalue weighted by atomic mass is 16.5. The van der Waals surface area contributed by atoms with Crippen molar-refractivity contribution in [2.45, 2.75) is 77.2 Å². The molecule has 4 nitrogen and oxygen atoms in total. The van der Waals surface area contributed by atoms with Crippen LogP contribution in [0.25, 0.3) is 0 Å². The van der Waals surface area contributed by atoms with Gasteiger partial charge < -0.3 is 15.6 Å². The largest absolute Gasteiger partial charge is 0.383 e. The van der Waals surface area contributed by atoms with Gasteiger partial charge in [0, 0.05) is 13.0 Å². The van der Waals surface area contributed by atoms with Crippen molar-refractivity contribution in [3.05, 3.63) is 0 Å². The van der Waals surface area contributed by atoms with Gasteiger partial charge >= 0.3 is 0 Å². The molecular weight excluding hydrogens is 254 g/mol. The van der Waals surface area contributed by atoms with Crippen LogP contribution < -0.4 is 5.73 Å². The lowest BCUT2D eigenvalue weighted by Gasteiger charge is -2.09. The van der Waals surface area contributed by atoms with Gasteiger partial charge in [-0.3, -0.25) is 4.79 Å². The highest BCUT2D eigenvalue weighted by molar-refractivity contribution is 5.82. The van der Waals surface area contributed by atoms with Gasteiger partial charge in [0.25, 0.3) is 0 Å². The maximum Gasteiger partial charge on any atom is 0.163 e. The number of unbranched alkanes of at least 4 members (excludes halogenated alkanes) is 8. The predicted molar refractivity (Wildman–Crippen MR) is 82.7 cm³/mol. The molecule has 0 bridgehead atoms. The highest BCUT2D eigenvalue weighted by Crippen LogP contribution is 2.11. The van der Waals surface area contributed by atoms with Gasteiger partial charge in [0.1, 0.15) is 6.10 Å². The summed E-state index contributed by atoms with van der Waals surface area (Å²) in [5, 5.41) is 9.55. The number of carbonyl (C=O) groups excluding carboxylic acids is 1. The van der Waals surface area contributed by atoms with Crippen molar-refractivity contribution in [2.75, 3.05) is 19.8 Å². The maximum absolute atomic E-state index is 11.6. The van der Waals surface area contributed by atoms with Crippen LogP contribution in [0.15, 0.2) is 0 Å². The normalized spacial score (nSPS) is 12.6. The van der Waals surface area contributed by atoms with Crippen LogP contribution in [0.5, 0.6) is 0 Å². The zero-order valence-electron chi connectivity index (χ0n) is 13.1. The second kappa shape index (κ2) is 14.9. The van der Waals surface area contributed by atoms with Crippen LogP contribution in [0.2, 0.25) is 0 Å². The Morgan fingerprint density at radius 2 is 1.60 bits per heavy atom. The molecule has 0 aliphatic heterocycles. The fourth-order valence-corrected chi connectivity index (χ4v) is 2.15. The Balaban J connectivity index is 3.30. The number of nitrogens with two attached hydrogens (primary N) is 1. The molecule has 20 heavy (non-hydrogen) atoms. The van der Waals surface area contributed by atoms with Gasteiger partial charge in [-0.1, -0.05) is 58.3 Å². The minimum absolute atomic E-state index is 0.0768. The van der Waals surface area contributed by atoms with E-state index in [9.17, 15) is 9.90 Å². The molecule has 4 heteroatoms. The van der Waals surface area contributed by atoms with E-state index in [1.54, 1.807) is 0 Å². The number of Topliss-reactive ketones (excluding diaryl/α,β-unsaturated/α-hetero) is 1. The van der Waals surface area contributed by atoms with Gasteiger partial charge in [-0.25, -0.2) is 0 Å². The molecule has 120 valence electrons. The maximum atomic E-state index is 11.6. The molecule has 0 amide bonds. The van der Waals surface area contributed by atoms with Crippen LogP contribution in [0.3, 0.4) is 0 Å². The number of rotatable bonds is 15. The van der Waals surface area contributed by atoms with E-state index in [2.05, 4.69) is 6.92 Å². The van der Waals surface area contributed by atoms with E-state index < -0.39 is 6.10 Å². The van der Waals surface area contributed by atoms with Crippen LogP contribution in [-0.4, -0.2) is 36.8 Å². The molecule has 1 atom stereocenters. The Morgan fingerprint density at radius 3 is 2.15 bits per heavy atom. The predicted octanol–water partition coefficient (Wildman–Crippen LogP) is 2.81. The molecule has 0 aliphatic rings. The summed E-state index contributed by atoms with van der Waals surface area (Å²) in [6, 6.07) is 0. The summed E-state index contributed by atoms with van der Waals surface area (Å²) in [5.41, 5.74) is 5.26. The molecule has 1 unspecified atom stereocenters. The first-order chi connectivity index (χ1) is 9.72. The molecule has 0 aromatic rings. The van der Waals surface area contributed by atoms with Gasteiger partial charge in [-0.05, 0) is 6.42 Å². The molecule has 0 aromatic heterocycles. The van der Waals surface area contributed by atoms with Crippen molar-refractivity contribution in [3.63, 3.8) is 0 Å². The summed E-state index contributed by atoms with van der Waals surface area (Å²) in [4.78, 5) is 11.6. The van der Waals surface area contributed by atoms with Gasteiger partial charge in [0.05, 0.1) is 13.2 Å². The van der Waals surface area contributed by atoms with E-state index in [0.29, 0.717) is 19.6 Å². The number of ether oxygens (including phenoxy) is 1. The van der Waals surface area contributed by atoms with Crippen LogP contribution >= 0.6 is 0 Å². The number of hydrogen-bond acceptors (Lipinski definition) is 4. The minimum Gasteiger partial charge on any atom is -0.383 e. The SMILES string of the molecule is CCCCCCCCCCCC(=O)C(O)COCCN. The van der Waals surface area contributed by atoms with Crippen molar-refractivity contribution in [1.29, 1.82) is 0 Å². The Labute approximate surface area is 124 Å². The van der Waals surface area contributed by atoms with Crippen molar-refractivity contribution in [3.8, 4) is 0 Å². The summed E-state index contributed by atoms with van der Waals surface area (Å²) in [5.74, 6) is -0.107. The molecule has 0 aliphatic carbocycles. The number of ketones is 1. The van der Waals surface area contributed by atoms with Gasteiger partial charge in [0.15, 0.2) is 5.78 Å². The number of carbonyl (C=O) groups is 1. The first-order valence-electron chi connectivity index (χ1n) is 8.21. The van der Waals surface area contributed by atoms with E-state index >= 15 is 0 Å². The molecule has 0 heterocycles. The summed E-state index contributed by atoms with van der Waals surface area (Å²) < 4.78 is 5.06. The topological polar surface area (TPSA) is 72.5 Å². The molecule has 0 rings (SSSR count). The van der Waals surface area contributed by atoms with E-state index in [-0.39, 0.29) is 12.4 Å². The zero-order valence-corrected chi connectivity index (χ0v) is 13.1. The third kappa shape index (κ3) is 12.6. The lowest BCUT2D eigenvalue weighted by molar-refractivity contribution is -0.130. The lowest BCUT2D eigenvalue weighted by Crippen LogP contribution is -2.27. The van der Waals surface area contributed by atoms with Gasteiger partial charge in [-0.2, -0.15) is 0 Å². The number of hydrogen-bond donors (Lipinski definition) is 2. The van der Waals surface area contributed by atoms with Crippen LogP contribution in [0, 0.1) is 0 Å². The Hall–Kier alpha value is -0.450. The fraction of sp³-hybridized carbons (Fsp3) is 0.938. The van der Waals surface area contributed by atoms with Crippen molar-refractivity contribution in [2.24, 2.45) is 5.73 Å². The molecule has 0 fully saturated rings. The second-order valence-corrected chi connectivity index (χ2v) is 5.42. The van der Waals surface area contributed by atoms with Crippen LogP contribution in [-0.2, 0) is 9.53 Å². The molecular formula is C16H33NO3. The second-order valence-electron chi connectivity index (χ2n) is 5.42. The van der Waals surface area contributed by atoms with E-state index in [0.717, 1.165) is 12.8 Å².